The average molecular weight is 232 g/mol. The van der Waals surface area contributed by atoms with Crippen molar-refractivity contribution in [2.75, 3.05) is 39.5 Å². The highest BCUT2D eigenvalue weighted by Crippen LogP contribution is 1.97. The fourth-order valence-corrected chi connectivity index (χ4v) is 1.01. The molecule has 1 amide bonds. The third-order valence-corrected chi connectivity index (χ3v) is 1.93. The van der Waals surface area contributed by atoms with Gasteiger partial charge in [-0.15, -0.1) is 0 Å². The van der Waals surface area contributed by atoms with Crippen molar-refractivity contribution < 1.29 is 14.3 Å². The SMILES string of the molecule is CC(C)CCOCCNCCOCC(N)=O. The Labute approximate surface area is 97.7 Å². The van der Waals surface area contributed by atoms with Crippen LogP contribution in [0.25, 0.3) is 0 Å². The number of carbonyl (C=O) groups excluding carboxylic acids is 1. The van der Waals surface area contributed by atoms with Crippen LogP contribution in [0, 0.1) is 5.92 Å². The zero-order chi connectivity index (χ0) is 12.2. The summed E-state index contributed by atoms with van der Waals surface area (Å²) in [5.41, 5.74) is 4.91. The fraction of sp³-hybridized carbons (Fsp3) is 0.909. The molecule has 0 spiro atoms. The molecule has 0 aromatic heterocycles. The summed E-state index contributed by atoms with van der Waals surface area (Å²) < 4.78 is 10.4. The van der Waals surface area contributed by atoms with Gasteiger partial charge in [-0.3, -0.25) is 4.79 Å². The maximum atomic E-state index is 10.3. The van der Waals surface area contributed by atoms with Crippen LogP contribution in [0.3, 0.4) is 0 Å². The Bertz CT molecular complexity index is 175. The monoisotopic (exact) mass is 232 g/mol. The molecule has 0 saturated heterocycles. The Morgan fingerprint density at radius 1 is 1.19 bits per heavy atom. The van der Waals surface area contributed by atoms with E-state index in [0.29, 0.717) is 25.7 Å². The van der Waals surface area contributed by atoms with E-state index in [1.807, 2.05) is 0 Å². The molecule has 0 fully saturated rings. The number of ether oxygens (including phenoxy) is 2. The second-order valence-corrected chi connectivity index (χ2v) is 4.06. The minimum atomic E-state index is -0.433. The molecule has 0 aliphatic heterocycles. The average Bonchev–Trinajstić information content (AvgIpc) is 2.20. The molecule has 0 radical (unpaired) electrons. The van der Waals surface area contributed by atoms with Gasteiger partial charge in [-0.25, -0.2) is 0 Å². The second kappa shape index (κ2) is 10.9. The molecule has 5 heteroatoms. The van der Waals surface area contributed by atoms with Crippen molar-refractivity contribution in [3.63, 3.8) is 0 Å². The molecule has 0 atom stereocenters. The van der Waals surface area contributed by atoms with Gasteiger partial charge >= 0.3 is 0 Å². The summed E-state index contributed by atoms with van der Waals surface area (Å²) in [6.45, 7) is 7.88. The summed E-state index contributed by atoms with van der Waals surface area (Å²) in [5.74, 6) is 0.257. The van der Waals surface area contributed by atoms with E-state index in [1.54, 1.807) is 0 Å². The van der Waals surface area contributed by atoms with Crippen molar-refractivity contribution in [2.45, 2.75) is 20.3 Å². The Kier molecular flexibility index (Phi) is 10.4. The van der Waals surface area contributed by atoms with E-state index in [2.05, 4.69) is 19.2 Å². The lowest BCUT2D eigenvalue weighted by atomic mass is 10.1. The van der Waals surface area contributed by atoms with E-state index in [4.69, 9.17) is 15.2 Å². The second-order valence-electron chi connectivity index (χ2n) is 4.06. The zero-order valence-electron chi connectivity index (χ0n) is 10.3. The van der Waals surface area contributed by atoms with Crippen LogP contribution in [-0.4, -0.2) is 45.4 Å². The highest BCUT2D eigenvalue weighted by atomic mass is 16.5. The predicted octanol–water partition coefficient (Wildman–Crippen LogP) is 0.141. The highest BCUT2D eigenvalue weighted by molar-refractivity contribution is 5.74. The lowest BCUT2D eigenvalue weighted by Gasteiger charge is -2.07. The Balaban J connectivity index is 2.96. The van der Waals surface area contributed by atoms with E-state index < -0.39 is 5.91 Å². The lowest BCUT2D eigenvalue weighted by molar-refractivity contribution is -0.122. The van der Waals surface area contributed by atoms with Crippen molar-refractivity contribution >= 4 is 5.91 Å². The molecule has 96 valence electrons. The summed E-state index contributed by atoms with van der Waals surface area (Å²) in [4.78, 5) is 10.3. The van der Waals surface area contributed by atoms with Crippen LogP contribution in [0.15, 0.2) is 0 Å². The normalized spacial score (nSPS) is 10.9. The molecule has 0 saturated carbocycles. The third-order valence-electron chi connectivity index (χ3n) is 1.93. The molecule has 0 aromatic carbocycles. The number of carbonyl (C=O) groups is 1. The predicted molar refractivity (Wildman–Crippen MR) is 63.2 cm³/mol. The first kappa shape index (κ1) is 15.3. The molecular formula is C11H24N2O3. The number of hydrogen-bond donors (Lipinski definition) is 2. The van der Waals surface area contributed by atoms with Gasteiger partial charge in [0.05, 0.1) is 13.2 Å². The summed E-state index contributed by atoms with van der Waals surface area (Å²) >= 11 is 0. The number of hydrogen-bond acceptors (Lipinski definition) is 4. The molecule has 5 nitrogen and oxygen atoms in total. The molecule has 0 rings (SSSR count). The minimum absolute atomic E-state index is 0.00737. The van der Waals surface area contributed by atoms with E-state index in [9.17, 15) is 4.79 Å². The molecular weight excluding hydrogens is 208 g/mol. The summed E-state index contributed by atoms with van der Waals surface area (Å²) in [6, 6.07) is 0. The maximum absolute atomic E-state index is 10.3. The number of nitrogens with two attached hydrogens (primary N) is 1. The fourth-order valence-electron chi connectivity index (χ4n) is 1.01. The first-order chi connectivity index (χ1) is 7.63. The van der Waals surface area contributed by atoms with Crippen molar-refractivity contribution in [3.05, 3.63) is 0 Å². The van der Waals surface area contributed by atoms with Crippen LogP contribution in [0.2, 0.25) is 0 Å². The number of amides is 1. The topological polar surface area (TPSA) is 73.6 Å². The van der Waals surface area contributed by atoms with Crippen LogP contribution >= 0.6 is 0 Å². The number of primary amides is 1. The lowest BCUT2D eigenvalue weighted by Crippen LogP contribution is -2.26. The van der Waals surface area contributed by atoms with E-state index in [1.165, 1.54) is 0 Å². The van der Waals surface area contributed by atoms with Gasteiger partial charge in [0.15, 0.2) is 0 Å². The molecule has 0 aliphatic carbocycles. The van der Waals surface area contributed by atoms with Crippen molar-refractivity contribution in [1.29, 1.82) is 0 Å². The van der Waals surface area contributed by atoms with Gasteiger partial charge in [0, 0.05) is 19.7 Å². The number of rotatable bonds is 11. The summed E-state index contributed by atoms with van der Waals surface area (Å²) in [6.07, 6.45) is 1.10. The highest BCUT2D eigenvalue weighted by Gasteiger charge is 1.95. The van der Waals surface area contributed by atoms with E-state index in [-0.39, 0.29) is 6.61 Å². The molecule has 0 aromatic rings. The first-order valence-electron chi connectivity index (χ1n) is 5.77. The molecule has 0 aliphatic rings. The van der Waals surface area contributed by atoms with Gasteiger partial charge < -0.3 is 20.5 Å². The van der Waals surface area contributed by atoms with Crippen LogP contribution in [0.1, 0.15) is 20.3 Å². The molecule has 16 heavy (non-hydrogen) atoms. The summed E-state index contributed by atoms with van der Waals surface area (Å²) in [7, 11) is 0. The standard InChI is InChI=1S/C11H24N2O3/c1-10(2)3-6-15-7-4-13-5-8-16-9-11(12)14/h10,13H,3-9H2,1-2H3,(H2,12,14). The van der Waals surface area contributed by atoms with Gasteiger partial charge in [0.2, 0.25) is 5.91 Å². The van der Waals surface area contributed by atoms with Gasteiger partial charge in [-0.05, 0) is 12.3 Å². The smallest absolute Gasteiger partial charge is 0.243 e. The van der Waals surface area contributed by atoms with Gasteiger partial charge in [-0.2, -0.15) is 0 Å². The van der Waals surface area contributed by atoms with Gasteiger partial charge in [0.25, 0.3) is 0 Å². The first-order valence-corrected chi connectivity index (χ1v) is 5.77. The molecule has 3 N–H and O–H groups in total. The minimum Gasteiger partial charge on any atom is -0.380 e. The van der Waals surface area contributed by atoms with E-state index in [0.717, 1.165) is 19.6 Å². The third kappa shape index (κ3) is 13.4. The van der Waals surface area contributed by atoms with Crippen molar-refractivity contribution in [1.82, 2.24) is 5.32 Å². The Morgan fingerprint density at radius 2 is 1.81 bits per heavy atom. The van der Waals surface area contributed by atoms with Crippen LogP contribution in [0.4, 0.5) is 0 Å². The molecule has 0 unspecified atom stereocenters. The zero-order valence-corrected chi connectivity index (χ0v) is 10.3. The maximum Gasteiger partial charge on any atom is 0.243 e. The number of nitrogens with one attached hydrogen (secondary N) is 1. The van der Waals surface area contributed by atoms with Gasteiger partial charge in [0.1, 0.15) is 6.61 Å². The largest absolute Gasteiger partial charge is 0.380 e. The summed E-state index contributed by atoms with van der Waals surface area (Å²) in [5, 5.41) is 3.15. The van der Waals surface area contributed by atoms with Crippen molar-refractivity contribution in [3.8, 4) is 0 Å². The van der Waals surface area contributed by atoms with E-state index >= 15 is 0 Å². The van der Waals surface area contributed by atoms with Crippen molar-refractivity contribution in [2.24, 2.45) is 11.7 Å². The molecule has 0 heterocycles. The van der Waals surface area contributed by atoms with Gasteiger partial charge in [-0.1, -0.05) is 13.8 Å². The van der Waals surface area contributed by atoms with Crippen LogP contribution in [0.5, 0.6) is 0 Å². The quantitative estimate of drug-likeness (QED) is 0.497. The Morgan fingerprint density at radius 3 is 2.38 bits per heavy atom. The van der Waals surface area contributed by atoms with Crippen LogP contribution in [-0.2, 0) is 14.3 Å². The Hall–Kier alpha value is -0.650. The molecule has 0 bridgehead atoms. The van der Waals surface area contributed by atoms with Crippen LogP contribution < -0.4 is 11.1 Å².